The van der Waals surface area contributed by atoms with Gasteiger partial charge < -0.3 is 14.6 Å². The van der Waals surface area contributed by atoms with E-state index in [1.807, 2.05) is 0 Å². The average molecular weight is 317 g/mol. The van der Waals surface area contributed by atoms with E-state index >= 15 is 0 Å². The van der Waals surface area contributed by atoms with Crippen LogP contribution in [0.3, 0.4) is 0 Å². The number of nitrogens with zero attached hydrogens (tertiary/aromatic N) is 1. The third kappa shape index (κ3) is 3.84. The molecule has 0 saturated heterocycles. The summed E-state index contributed by atoms with van der Waals surface area (Å²) in [6.07, 6.45) is 1.39. The minimum absolute atomic E-state index is 0.128. The van der Waals surface area contributed by atoms with E-state index in [0.717, 1.165) is 0 Å². The molecule has 0 spiro atoms. The van der Waals surface area contributed by atoms with E-state index in [2.05, 4.69) is 4.98 Å². The summed E-state index contributed by atoms with van der Waals surface area (Å²) in [4.78, 5) is 15.2. The zero-order chi connectivity index (χ0) is 16.2. The van der Waals surface area contributed by atoms with Crippen LogP contribution in [0.5, 0.6) is 11.5 Å². The summed E-state index contributed by atoms with van der Waals surface area (Å²) in [6.45, 7) is 3.10. The number of hydrogen-bond acceptors (Lipinski definition) is 6. The minimum atomic E-state index is -3.93. The second-order valence-corrected chi connectivity index (χ2v) is 6.93. The molecule has 0 radical (unpaired) electrons. The molecule has 1 atom stereocenters. The average Bonchev–Trinajstić information content (AvgIpc) is 2.36. The molecule has 0 bridgehead atoms. The summed E-state index contributed by atoms with van der Waals surface area (Å²) in [5.41, 5.74) is 0.128. The van der Waals surface area contributed by atoms with E-state index in [0.29, 0.717) is 5.75 Å². The van der Waals surface area contributed by atoms with Crippen LogP contribution in [0.15, 0.2) is 12.3 Å². The summed E-state index contributed by atoms with van der Waals surface area (Å²) in [5.74, 6) is -1.91. The number of sulfone groups is 1. The Morgan fingerprint density at radius 3 is 2.38 bits per heavy atom. The maximum Gasteiger partial charge on any atom is 0.322 e. The predicted octanol–water partition coefficient (Wildman–Crippen LogP) is 1.12. The smallest absolute Gasteiger partial charge is 0.322 e. The van der Waals surface area contributed by atoms with Gasteiger partial charge in [-0.2, -0.15) is 0 Å². The van der Waals surface area contributed by atoms with Gasteiger partial charge in [-0.1, -0.05) is 13.8 Å². The lowest BCUT2D eigenvalue weighted by Gasteiger charge is -2.18. The van der Waals surface area contributed by atoms with Crippen molar-refractivity contribution in [2.75, 3.05) is 14.2 Å². The van der Waals surface area contributed by atoms with Gasteiger partial charge in [0.05, 0.1) is 20.0 Å². The molecule has 1 N–H and O–H groups in total. The van der Waals surface area contributed by atoms with E-state index in [1.165, 1.54) is 26.5 Å². The number of pyridine rings is 1. The molecular weight excluding hydrogens is 298 g/mol. The van der Waals surface area contributed by atoms with Gasteiger partial charge in [0.1, 0.15) is 5.69 Å². The molecular formula is C13H19NO6S. The first-order chi connectivity index (χ1) is 9.74. The number of aromatic nitrogens is 1. The molecule has 1 aromatic heterocycles. The molecule has 0 aromatic carbocycles. The molecule has 1 rings (SSSR count). The predicted molar refractivity (Wildman–Crippen MR) is 76.2 cm³/mol. The Hall–Kier alpha value is -1.83. The number of aliphatic carboxylic acids is 1. The van der Waals surface area contributed by atoms with Crippen LogP contribution in [0.25, 0.3) is 0 Å². The van der Waals surface area contributed by atoms with Crippen LogP contribution in [0.1, 0.15) is 19.5 Å². The van der Waals surface area contributed by atoms with Crippen molar-refractivity contribution in [3.63, 3.8) is 0 Å². The normalized spacial score (nSPS) is 13.0. The lowest BCUT2D eigenvalue weighted by molar-refractivity contribution is -0.137. The highest BCUT2D eigenvalue weighted by Crippen LogP contribution is 2.31. The standard InChI is InChI=1S/C13H19NO6S/c1-8(2)12(13(15)16)21(17,18)7-9-11(20-4)10(19-3)5-6-14-9/h5-6,8,12H,7H2,1-4H3,(H,15,16). The van der Waals surface area contributed by atoms with Crippen molar-refractivity contribution < 1.29 is 27.8 Å². The van der Waals surface area contributed by atoms with Gasteiger partial charge in [0.25, 0.3) is 0 Å². The molecule has 0 aliphatic heterocycles. The molecule has 0 fully saturated rings. The van der Waals surface area contributed by atoms with Gasteiger partial charge in [-0.25, -0.2) is 8.42 Å². The number of carbonyl (C=O) groups is 1. The Morgan fingerprint density at radius 1 is 1.33 bits per heavy atom. The molecule has 1 unspecified atom stereocenters. The van der Waals surface area contributed by atoms with Crippen LogP contribution in [0.2, 0.25) is 0 Å². The number of ether oxygens (including phenoxy) is 2. The molecule has 1 heterocycles. The van der Waals surface area contributed by atoms with E-state index in [-0.39, 0.29) is 11.4 Å². The van der Waals surface area contributed by atoms with Gasteiger partial charge in [0, 0.05) is 12.3 Å². The molecule has 0 aliphatic rings. The highest BCUT2D eigenvalue weighted by Gasteiger charge is 2.36. The van der Waals surface area contributed by atoms with Gasteiger partial charge in [0.15, 0.2) is 26.6 Å². The number of rotatable bonds is 7. The number of hydrogen-bond donors (Lipinski definition) is 1. The largest absolute Gasteiger partial charge is 0.493 e. The third-order valence-electron chi connectivity index (χ3n) is 2.94. The molecule has 8 heteroatoms. The zero-order valence-corrected chi connectivity index (χ0v) is 13.2. The molecule has 7 nitrogen and oxygen atoms in total. The van der Waals surface area contributed by atoms with Crippen LogP contribution in [-0.2, 0) is 20.4 Å². The molecule has 21 heavy (non-hydrogen) atoms. The van der Waals surface area contributed by atoms with Gasteiger partial charge in [-0.15, -0.1) is 0 Å². The quantitative estimate of drug-likeness (QED) is 0.803. The zero-order valence-electron chi connectivity index (χ0n) is 12.4. The van der Waals surface area contributed by atoms with Gasteiger partial charge >= 0.3 is 5.97 Å². The Morgan fingerprint density at radius 2 is 1.95 bits per heavy atom. The van der Waals surface area contributed by atoms with Crippen LogP contribution in [0.4, 0.5) is 0 Å². The fourth-order valence-corrected chi connectivity index (χ4v) is 3.99. The Balaban J connectivity index is 3.24. The van der Waals surface area contributed by atoms with E-state index < -0.39 is 32.7 Å². The van der Waals surface area contributed by atoms with Crippen LogP contribution in [0, 0.1) is 5.92 Å². The summed E-state index contributed by atoms with van der Waals surface area (Å²) >= 11 is 0. The fraction of sp³-hybridized carbons (Fsp3) is 0.538. The number of methoxy groups -OCH3 is 2. The van der Waals surface area contributed by atoms with Crippen molar-refractivity contribution in [2.45, 2.75) is 24.9 Å². The molecule has 0 saturated carbocycles. The highest BCUT2D eigenvalue weighted by atomic mass is 32.2. The van der Waals surface area contributed by atoms with Crippen LogP contribution in [-0.4, -0.2) is 43.9 Å². The molecule has 118 valence electrons. The van der Waals surface area contributed by atoms with Gasteiger partial charge in [-0.05, 0) is 5.92 Å². The summed E-state index contributed by atoms with van der Waals surface area (Å²) in [5, 5.41) is 7.64. The van der Waals surface area contributed by atoms with Crippen molar-refractivity contribution in [1.29, 1.82) is 0 Å². The lowest BCUT2D eigenvalue weighted by Crippen LogP contribution is -2.36. The third-order valence-corrected chi connectivity index (χ3v) is 5.14. The van der Waals surface area contributed by atoms with Crippen LogP contribution >= 0.6 is 0 Å². The molecule has 1 aromatic rings. The van der Waals surface area contributed by atoms with Crippen molar-refractivity contribution in [1.82, 2.24) is 4.98 Å². The minimum Gasteiger partial charge on any atom is -0.493 e. The van der Waals surface area contributed by atoms with Crippen molar-refractivity contribution in [2.24, 2.45) is 5.92 Å². The monoisotopic (exact) mass is 317 g/mol. The van der Waals surface area contributed by atoms with Crippen LogP contribution < -0.4 is 9.47 Å². The van der Waals surface area contributed by atoms with Crippen molar-refractivity contribution in [3.05, 3.63) is 18.0 Å². The number of carboxylic acid groups (broad SMARTS) is 1. The van der Waals surface area contributed by atoms with E-state index in [9.17, 15) is 13.2 Å². The van der Waals surface area contributed by atoms with Gasteiger partial charge in [-0.3, -0.25) is 9.78 Å². The molecule has 0 aliphatic carbocycles. The highest BCUT2D eigenvalue weighted by molar-refractivity contribution is 7.92. The second-order valence-electron chi connectivity index (χ2n) is 4.80. The van der Waals surface area contributed by atoms with E-state index in [1.54, 1.807) is 13.8 Å². The molecule has 0 amide bonds. The Bertz CT molecular complexity index is 611. The SMILES string of the molecule is COc1ccnc(CS(=O)(=O)C(C(=O)O)C(C)C)c1OC. The first-order valence-electron chi connectivity index (χ1n) is 6.24. The topological polar surface area (TPSA) is 103 Å². The lowest BCUT2D eigenvalue weighted by atomic mass is 10.1. The summed E-state index contributed by atoms with van der Waals surface area (Å²) < 4.78 is 34.9. The maximum atomic E-state index is 12.3. The summed E-state index contributed by atoms with van der Waals surface area (Å²) in [6, 6.07) is 1.53. The second kappa shape index (κ2) is 6.75. The summed E-state index contributed by atoms with van der Waals surface area (Å²) in [7, 11) is -1.14. The first-order valence-corrected chi connectivity index (χ1v) is 7.96. The van der Waals surface area contributed by atoms with Gasteiger partial charge in [0.2, 0.25) is 0 Å². The Kier molecular flexibility index (Phi) is 5.54. The maximum absolute atomic E-state index is 12.3. The number of carboxylic acids is 1. The fourth-order valence-electron chi connectivity index (χ4n) is 2.09. The van der Waals surface area contributed by atoms with E-state index in [4.69, 9.17) is 14.6 Å². The van der Waals surface area contributed by atoms with Crippen molar-refractivity contribution in [3.8, 4) is 11.5 Å². The van der Waals surface area contributed by atoms with Crippen molar-refractivity contribution >= 4 is 15.8 Å². The first kappa shape index (κ1) is 17.2. The Labute approximate surface area is 123 Å².